The summed E-state index contributed by atoms with van der Waals surface area (Å²) in [4.78, 5) is 28.2. The molecule has 0 radical (unpaired) electrons. The van der Waals surface area contributed by atoms with Gasteiger partial charge in [0.05, 0.1) is 0 Å². The van der Waals surface area contributed by atoms with Crippen LogP contribution in [0.3, 0.4) is 0 Å². The van der Waals surface area contributed by atoms with Gasteiger partial charge in [-0.05, 0) is 41.8 Å². The Bertz CT molecular complexity index is 1030. The molecule has 3 rings (SSSR count). The highest BCUT2D eigenvalue weighted by Crippen LogP contribution is 2.24. The number of amides is 2. The van der Waals surface area contributed by atoms with Crippen LogP contribution in [0.1, 0.15) is 23.6 Å². The zero-order chi connectivity index (χ0) is 24.2. The molecule has 0 saturated heterocycles. The number of carbonyl (C=O) groups is 2. The highest BCUT2D eigenvalue weighted by Gasteiger charge is 2.31. The summed E-state index contributed by atoms with van der Waals surface area (Å²) in [5, 5.41) is 2.91. The topological polar surface area (TPSA) is 67.9 Å². The van der Waals surface area contributed by atoms with Gasteiger partial charge in [0.1, 0.15) is 17.6 Å². The van der Waals surface area contributed by atoms with Crippen LogP contribution in [0, 0.1) is 5.82 Å². The molecule has 1 N–H and O–H groups in total. The molecule has 3 aromatic carbocycles. The van der Waals surface area contributed by atoms with E-state index in [1.54, 1.807) is 31.4 Å². The molecule has 0 aromatic heterocycles. The maximum absolute atomic E-state index is 13.5. The van der Waals surface area contributed by atoms with Gasteiger partial charge in [0.25, 0.3) is 5.91 Å². The van der Waals surface area contributed by atoms with Gasteiger partial charge in [-0.1, -0.05) is 60.7 Å². The molecule has 178 valence electrons. The molecule has 0 fully saturated rings. The highest BCUT2D eigenvalue weighted by molar-refractivity contribution is 5.89. The van der Waals surface area contributed by atoms with E-state index < -0.39 is 6.04 Å². The number of hydrogen-bond donors (Lipinski definition) is 1. The van der Waals surface area contributed by atoms with Crippen molar-refractivity contribution >= 4 is 11.8 Å². The summed E-state index contributed by atoms with van der Waals surface area (Å²) in [5.41, 5.74) is 1.37. The van der Waals surface area contributed by atoms with Crippen LogP contribution in [0.2, 0.25) is 0 Å². The highest BCUT2D eigenvalue weighted by atomic mass is 19.1. The van der Waals surface area contributed by atoms with Crippen LogP contribution in [0.15, 0.2) is 84.9 Å². The Labute approximate surface area is 199 Å². The van der Waals surface area contributed by atoms with Gasteiger partial charge in [0.2, 0.25) is 5.91 Å². The van der Waals surface area contributed by atoms with Gasteiger partial charge in [-0.3, -0.25) is 9.59 Å². The molecule has 3 aromatic rings. The fourth-order valence-electron chi connectivity index (χ4n) is 3.49. The summed E-state index contributed by atoms with van der Waals surface area (Å²) in [6.07, 6.45) is 0.646. The van der Waals surface area contributed by atoms with Crippen molar-refractivity contribution in [2.75, 3.05) is 26.9 Å². The van der Waals surface area contributed by atoms with Crippen molar-refractivity contribution in [1.29, 1.82) is 0 Å². The molecule has 0 aliphatic rings. The van der Waals surface area contributed by atoms with E-state index in [9.17, 15) is 14.0 Å². The Hall–Kier alpha value is -3.71. The van der Waals surface area contributed by atoms with Gasteiger partial charge >= 0.3 is 0 Å². The van der Waals surface area contributed by atoms with E-state index in [0.717, 1.165) is 0 Å². The molecular formula is C27H29FN2O4. The van der Waals surface area contributed by atoms with E-state index in [0.29, 0.717) is 36.4 Å². The van der Waals surface area contributed by atoms with E-state index in [4.69, 9.17) is 9.47 Å². The number of nitrogens with one attached hydrogen (secondary N) is 1. The van der Waals surface area contributed by atoms with Crippen molar-refractivity contribution in [3.63, 3.8) is 0 Å². The monoisotopic (exact) mass is 464 g/mol. The lowest BCUT2D eigenvalue weighted by molar-refractivity contribution is -0.143. The average molecular weight is 465 g/mol. The number of hydrogen-bond acceptors (Lipinski definition) is 4. The Kier molecular flexibility index (Phi) is 9.61. The lowest BCUT2D eigenvalue weighted by Gasteiger charge is -2.31. The second-order valence-electron chi connectivity index (χ2n) is 7.70. The SMILES string of the molecule is COCCCNC(=O)[C@H](c1ccccc1)N(Cc1ccc(F)cc1)C(=O)COc1ccccc1. The lowest BCUT2D eigenvalue weighted by Crippen LogP contribution is -2.45. The van der Waals surface area contributed by atoms with Gasteiger partial charge in [0, 0.05) is 26.8 Å². The molecule has 0 aliphatic carbocycles. The van der Waals surface area contributed by atoms with Crippen molar-refractivity contribution in [1.82, 2.24) is 10.2 Å². The first-order valence-electron chi connectivity index (χ1n) is 11.1. The van der Waals surface area contributed by atoms with Crippen molar-refractivity contribution in [2.24, 2.45) is 0 Å². The van der Waals surface area contributed by atoms with Gasteiger partial charge in [-0.15, -0.1) is 0 Å². The minimum atomic E-state index is -0.888. The van der Waals surface area contributed by atoms with Crippen molar-refractivity contribution in [3.05, 3.63) is 102 Å². The van der Waals surface area contributed by atoms with Crippen molar-refractivity contribution in [2.45, 2.75) is 19.0 Å². The van der Waals surface area contributed by atoms with E-state index in [2.05, 4.69) is 5.32 Å². The number of ether oxygens (including phenoxy) is 2. The summed E-state index contributed by atoms with van der Waals surface area (Å²) in [7, 11) is 1.60. The number of para-hydroxylation sites is 1. The van der Waals surface area contributed by atoms with Crippen LogP contribution in [0.5, 0.6) is 5.75 Å². The largest absolute Gasteiger partial charge is 0.484 e. The number of nitrogens with zero attached hydrogens (tertiary/aromatic N) is 1. The van der Waals surface area contributed by atoms with Crippen LogP contribution < -0.4 is 10.1 Å². The average Bonchev–Trinajstić information content (AvgIpc) is 2.87. The number of benzene rings is 3. The van der Waals surface area contributed by atoms with Crippen molar-refractivity contribution in [3.8, 4) is 5.75 Å². The molecule has 0 unspecified atom stereocenters. The summed E-state index contributed by atoms with van der Waals surface area (Å²) < 4.78 is 24.2. The maximum Gasteiger partial charge on any atom is 0.261 e. The van der Waals surface area contributed by atoms with E-state index in [1.807, 2.05) is 48.5 Å². The smallest absolute Gasteiger partial charge is 0.261 e. The molecule has 1 atom stereocenters. The Balaban J connectivity index is 1.88. The quantitative estimate of drug-likeness (QED) is 0.410. The Morgan fingerprint density at radius 2 is 1.59 bits per heavy atom. The first kappa shape index (κ1) is 24.9. The third-order valence-corrected chi connectivity index (χ3v) is 5.19. The number of carbonyl (C=O) groups excluding carboxylic acids is 2. The minimum Gasteiger partial charge on any atom is -0.484 e. The lowest BCUT2D eigenvalue weighted by atomic mass is 10.0. The van der Waals surface area contributed by atoms with Crippen molar-refractivity contribution < 1.29 is 23.5 Å². The third kappa shape index (κ3) is 7.42. The van der Waals surface area contributed by atoms with Crippen LogP contribution in [-0.2, 0) is 20.9 Å². The number of rotatable bonds is 12. The zero-order valence-electron chi connectivity index (χ0n) is 19.2. The maximum atomic E-state index is 13.5. The predicted molar refractivity (Wildman–Crippen MR) is 128 cm³/mol. The fourth-order valence-corrected chi connectivity index (χ4v) is 3.49. The van der Waals surface area contributed by atoms with E-state index in [-0.39, 0.29) is 30.8 Å². The predicted octanol–water partition coefficient (Wildman–Crippen LogP) is 4.13. The van der Waals surface area contributed by atoms with Crippen LogP contribution in [0.25, 0.3) is 0 Å². The standard InChI is InChI=1S/C27H29FN2O4/c1-33-18-8-17-29-27(32)26(22-9-4-2-5-10-22)30(19-21-13-15-23(28)16-14-21)25(31)20-34-24-11-6-3-7-12-24/h2-7,9-16,26H,8,17-20H2,1H3,(H,29,32)/t26-/m0/s1. The first-order valence-corrected chi connectivity index (χ1v) is 11.1. The minimum absolute atomic E-state index is 0.113. The molecule has 0 saturated carbocycles. The second kappa shape index (κ2) is 13.1. The fraction of sp³-hybridized carbons (Fsp3) is 0.259. The van der Waals surface area contributed by atoms with Gasteiger partial charge in [-0.2, -0.15) is 0 Å². The summed E-state index contributed by atoms with van der Waals surface area (Å²) in [6.45, 7) is 0.794. The molecule has 2 amide bonds. The number of halogens is 1. The first-order chi connectivity index (χ1) is 16.6. The summed E-state index contributed by atoms with van der Waals surface area (Å²) >= 11 is 0. The molecule has 34 heavy (non-hydrogen) atoms. The summed E-state index contributed by atoms with van der Waals surface area (Å²) in [6, 6.07) is 23.1. The molecule has 0 aliphatic heterocycles. The molecule has 0 spiro atoms. The van der Waals surface area contributed by atoms with E-state index >= 15 is 0 Å². The van der Waals surface area contributed by atoms with E-state index in [1.165, 1.54) is 17.0 Å². The van der Waals surface area contributed by atoms with Crippen LogP contribution in [-0.4, -0.2) is 43.6 Å². The number of methoxy groups -OCH3 is 1. The van der Waals surface area contributed by atoms with Gasteiger partial charge in [0.15, 0.2) is 6.61 Å². The molecule has 6 nitrogen and oxygen atoms in total. The second-order valence-corrected chi connectivity index (χ2v) is 7.70. The summed E-state index contributed by atoms with van der Waals surface area (Å²) in [5.74, 6) is -0.492. The molecule has 0 bridgehead atoms. The normalized spacial score (nSPS) is 11.5. The zero-order valence-corrected chi connectivity index (χ0v) is 19.2. The Morgan fingerprint density at radius 3 is 2.24 bits per heavy atom. The third-order valence-electron chi connectivity index (χ3n) is 5.19. The van der Waals surface area contributed by atoms with Gasteiger partial charge < -0.3 is 19.7 Å². The molecule has 0 heterocycles. The van der Waals surface area contributed by atoms with Gasteiger partial charge in [-0.25, -0.2) is 4.39 Å². The Morgan fingerprint density at radius 1 is 0.941 bits per heavy atom. The molecular weight excluding hydrogens is 435 g/mol. The molecule has 7 heteroatoms. The van der Waals surface area contributed by atoms with Crippen LogP contribution in [0.4, 0.5) is 4.39 Å². The van der Waals surface area contributed by atoms with Crippen LogP contribution >= 0.6 is 0 Å².